The Labute approximate surface area is 82.0 Å². The first-order valence-electron chi connectivity index (χ1n) is 4.57. The van der Waals surface area contributed by atoms with Crippen molar-refractivity contribution in [3.8, 4) is 0 Å². The summed E-state index contributed by atoms with van der Waals surface area (Å²) in [6, 6.07) is 1.77. The molecule has 1 aliphatic rings. The molecule has 1 atom stereocenters. The zero-order valence-corrected chi connectivity index (χ0v) is 8.28. The van der Waals surface area contributed by atoms with Crippen molar-refractivity contribution in [2.24, 2.45) is 7.05 Å². The van der Waals surface area contributed by atoms with Crippen LogP contribution in [0.4, 0.5) is 0 Å². The second-order valence-corrected chi connectivity index (χ2v) is 3.46. The molecule has 1 saturated heterocycles. The highest BCUT2D eigenvalue weighted by Crippen LogP contribution is 2.07. The molecule has 2 rings (SSSR count). The van der Waals surface area contributed by atoms with Gasteiger partial charge in [-0.3, -0.25) is 9.48 Å². The van der Waals surface area contributed by atoms with Gasteiger partial charge in [-0.15, -0.1) is 0 Å². The molecule has 1 unspecified atom stereocenters. The van der Waals surface area contributed by atoms with Gasteiger partial charge in [0.1, 0.15) is 5.69 Å². The number of nitrogens with one attached hydrogen (secondary N) is 1. The second-order valence-electron chi connectivity index (χ2n) is 3.46. The van der Waals surface area contributed by atoms with E-state index in [-0.39, 0.29) is 12.0 Å². The maximum absolute atomic E-state index is 11.5. The van der Waals surface area contributed by atoms with E-state index in [1.165, 1.54) is 0 Å². The van der Waals surface area contributed by atoms with Gasteiger partial charge in [0.2, 0.25) is 0 Å². The molecule has 14 heavy (non-hydrogen) atoms. The van der Waals surface area contributed by atoms with Crippen molar-refractivity contribution in [2.75, 3.05) is 13.2 Å². The lowest BCUT2D eigenvalue weighted by Crippen LogP contribution is -2.27. The van der Waals surface area contributed by atoms with Crippen molar-refractivity contribution >= 4 is 5.91 Å². The highest BCUT2D eigenvalue weighted by atomic mass is 16.6. The lowest BCUT2D eigenvalue weighted by atomic mass is 10.3. The molecule has 0 bridgehead atoms. The highest BCUT2D eigenvalue weighted by Gasteiger charge is 2.23. The fourth-order valence-electron chi connectivity index (χ4n) is 1.15. The molecule has 2 heterocycles. The number of aryl methyl sites for hydroxylation is 2. The first kappa shape index (κ1) is 9.21. The lowest BCUT2D eigenvalue weighted by molar-refractivity contribution is 0.0944. The molecule has 0 radical (unpaired) electrons. The van der Waals surface area contributed by atoms with Crippen molar-refractivity contribution in [1.82, 2.24) is 15.1 Å². The predicted octanol–water partition coefficient (Wildman–Crippen LogP) is -0.143. The number of carbonyl (C=O) groups is 1. The van der Waals surface area contributed by atoms with Gasteiger partial charge in [-0.05, 0) is 13.0 Å². The van der Waals surface area contributed by atoms with Gasteiger partial charge in [0, 0.05) is 19.3 Å². The quantitative estimate of drug-likeness (QED) is 0.683. The third kappa shape index (κ3) is 1.93. The third-order valence-corrected chi connectivity index (χ3v) is 2.24. The molecule has 5 heteroatoms. The molecule has 0 aliphatic carbocycles. The molecule has 0 aromatic carbocycles. The summed E-state index contributed by atoms with van der Waals surface area (Å²) in [4.78, 5) is 11.5. The molecule has 76 valence electrons. The lowest BCUT2D eigenvalue weighted by Gasteiger charge is -1.98. The van der Waals surface area contributed by atoms with Crippen LogP contribution in [0.3, 0.4) is 0 Å². The van der Waals surface area contributed by atoms with E-state index in [0.717, 1.165) is 12.3 Å². The number of ether oxygens (including phenoxy) is 1. The number of rotatable bonds is 3. The monoisotopic (exact) mass is 195 g/mol. The number of aromatic nitrogens is 2. The van der Waals surface area contributed by atoms with Gasteiger partial charge in [-0.25, -0.2) is 0 Å². The Kier molecular flexibility index (Phi) is 2.25. The summed E-state index contributed by atoms with van der Waals surface area (Å²) in [5.74, 6) is -0.135. The van der Waals surface area contributed by atoms with Gasteiger partial charge >= 0.3 is 0 Å². The zero-order chi connectivity index (χ0) is 10.1. The molecule has 1 aromatic heterocycles. The minimum atomic E-state index is -0.135. The van der Waals surface area contributed by atoms with Crippen LogP contribution >= 0.6 is 0 Å². The minimum Gasteiger partial charge on any atom is -0.371 e. The van der Waals surface area contributed by atoms with Crippen LogP contribution in [0, 0.1) is 6.92 Å². The van der Waals surface area contributed by atoms with Crippen LogP contribution in [-0.2, 0) is 11.8 Å². The number of hydrogen-bond donors (Lipinski definition) is 1. The normalized spacial score (nSPS) is 19.4. The topological polar surface area (TPSA) is 59.5 Å². The first-order chi connectivity index (χ1) is 6.66. The molecule has 0 spiro atoms. The summed E-state index contributed by atoms with van der Waals surface area (Å²) in [5.41, 5.74) is 1.43. The Bertz CT molecular complexity index is 335. The molecule has 1 N–H and O–H groups in total. The average Bonchev–Trinajstić information content (AvgIpc) is 2.91. The summed E-state index contributed by atoms with van der Waals surface area (Å²) < 4.78 is 6.67. The predicted molar refractivity (Wildman–Crippen MR) is 50.0 cm³/mol. The number of amides is 1. The largest absolute Gasteiger partial charge is 0.371 e. The minimum absolute atomic E-state index is 0.135. The van der Waals surface area contributed by atoms with Crippen LogP contribution in [0.15, 0.2) is 6.07 Å². The number of hydrogen-bond acceptors (Lipinski definition) is 3. The SMILES string of the molecule is Cc1cc(C(=O)NCC2CO2)nn1C. The Hall–Kier alpha value is -1.36. The summed E-state index contributed by atoms with van der Waals surface area (Å²) >= 11 is 0. The summed E-state index contributed by atoms with van der Waals surface area (Å²) in [5, 5.41) is 6.83. The Morgan fingerprint density at radius 2 is 2.57 bits per heavy atom. The van der Waals surface area contributed by atoms with Gasteiger partial charge in [0.05, 0.1) is 12.7 Å². The summed E-state index contributed by atoms with van der Waals surface area (Å²) in [7, 11) is 1.82. The molecular weight excluding hydrogens is 182 g/mol. The van der Waals surface area contributed by atoms with E-state index in [1.54, 1.807) is 10.7 Å². The maximum atomic E-state index is 11.5. The Balaban J connectivity index is 1.95. The van der Waals surface area contributed by atoms with E-state index in [4.69, 9.17) is 4.74 Å². The maximum Gasteiger partial charge on any atom is 0.271 e. The fraction of sp³-hybridized carbons (Fsp3) is 0.556. The molecule has 1 aliphatic heterocycles. The molecule has 0 saturated carbocycles. The first-order valence-corrected chi connectivity index (χ1v) is 4.57. The molecular formula is C9H13N3O2. The van der Waals surface area contributed by atoms with Crippen LogP contribution in [0.2, 0.25) is 0 Å². The van der Waals surface area contributed by atoms with E-state index in [2.05, 4.69) is 10.4 Å². The summed E-state index contributed by atoms with van der Waals surface area (Å²) in [6.07, 6.45) is 0.212. The van der Waals surface area contributed by atoms with Gasteiger partial charge in [-0.2, -0.15) is 5.10 Å². The van der Waals surface area contributed by atoms with Crippen LogP contribution < -0.4 is 5.32 Å². The van der Waals surface area contributed by atoms with Crippen LogP contribution in [0.5, 0.6) is 0 Å². The fourth-order valence-corrected chi connectivity index (χ4v) is 1.15. The number of nitrogens with zero attached hydrogens (tertiary/aromatic N) is 2. The van der Waals surface area contributed by atoms with Gasteiger partial charge in [0.15, 0.2) is 0 Å². The van der Waals surface area contributed by atoms with Crippen molar-refractivity contribution in [1.29, 1.82) is 0 Å². The Morgan fingerprint density at radius 1 is 1.86 bits per heavy atom. The van der Waals surface area contributed by atoms with E-state index in [9.17, 15) is 4.79 Å². The highest BCUT2D eigenvalue weighted by molar-refractivity contribution is 5.92. The van der Waals surface area contributed by atoms with Crippen LogP contribution in [-0.4, -0.2) is 34.9 Å². The summed E-state index contributed by atoms with van der Waals surface area (Å²) in [6.45, 7) is 3.24. The van der Waals surface area contributed by atoms with E-state index < -0.39 is 0 Å². The number of epoxide rings is 1. The van der Waals surface area contributed by atoms with Crippen molar-refractivity contribution in [3.63, 3.8) is 0 Å². The molecule has 1 amide bonds. The zero-order valence-electron chi connectivity index (χ0n) is 8.28. The van der Waals surface area contributed by atoms with Gasteiger partial charge < -0.3 is 10.1 Å². The van der Waals surface area contributed by atoms with E-state index >= 15 is 0 Å². The van der Waals surface area contributed by atoms with E-state index in [0.29, 0.717) is 12.2 Å². The van der Waals surface area contributed by atoms with Gasteiger partial charge in [-0.1, -0.05) is 0 Å². The van der Waals surface area contributed by atoms with Crippen molar-refractivity contribution in [3.05, 3.63) is 17.5 Å². The third-order valence-electron chi connectivity index (χ3n) is 2.24. The smallest absolute Gasteiger partial charge is 0.271 e. The molecule has 5 nitrogen and oxygen atoms in total. The standard InChI is InChI=1S/C9H13N3O2/c1-6-3-8(11-12(6)2)9(13)10-4-7-5-14-7/h3,7H,4-5H2,1-2H3,(H,10,13). The van der Waals surface area contributed by atoms with E-state index in [1.807, 2.05) is 14.0 Å². The van der Waals surface area contributed by atoms with Crippen molar-refractivity contribution in [2.45, 2.75) is 13.0 Å². The average molecular weight is 195 g/mol. The second kappa shape index (κ2) is 3.42. The van der Waals surface area contributed by atoms with Crippen molar-refractivity contribution < 1.29 is 9.53 Å². The number of carbonyl (C=O) groups excluding carboxylic acids is 1. The Morgan fingerprint density at radius 3 is 3.07 bits per heavy atom. The van der Waals surface area contributed by atoms with Gasteiger partial charge in [0.25, 0.3) is 5.91 Å². The molecule has 1 aromatic rings. The van der Waals surface area contributed by atoms with Crippen LogP contribution in [0.1, 0.15) is 16.2 Å². The van der Waals surface area contributed by atoms with Crippen LogP contribution in [0.25, 0.3) is 0 Å². The molecule has 1 fully saturated rings.